The zero-order valence-corrected chi connectivity index (χ0v) is 9.43. The van der Waals surface area contributed by atoms with E-state index >= 15 is 0 Å². The summed E-state index contributed by atoms with van der Waals surface area (Å²) in [4.78, 5) is 24.3. The van der Waals surface area contributed by atoms with Gasteiger partial charge in [0.2, 0.25) is 11.8 Å². The quantitative estimate of drug-likeness (QED) is 0.753. The topological polar surface area (TPSA) is 89.4 Å². The molecule has 1 heterocycles. The lowest BCUT2D eigenvalue weighted by Crippen LogP contribution is -2.43. The van der Waals surface area contributed by atoms with Gasteiger partial charge < -0.3 is 16.4 Å². The summed E-state index contributed by atoms with van der Waals surface area (Å²) in [5, 5.41) is 0. The maximum absolute atomic E-state index is 11.9. The molecular weight excluding hydrogens is 218 g/mol. The van der Waals surface area contributed by atoms with Crippen molar-refractivity contribution in [3.63, 3.8) is 0 Å². The molecule has 17 heavy (non-hydrogen) atoms. The zero-order valence-electron chi connectivity index (χ0n) is 9.43. The van der Waals surface area contributed by atoms with Gasteiger partial charge in [0, 0.05) is 13.1 Å². The smallest absolute Gasteiger partial charge is 0.240 e. The molecule has 0 spiro atoms. The normalized spacial score (nSPS) is 15.5. The third-order valence-corrected chi connectivity index (χ3v) is 2.89. The van der Waals surface area contributed by atoms with E-state index in [2.05, 4.69) is 0 Å². The Balaban J connectivity index is 2.03. The fourth-order valence-electron chi connectivity index (χ4n) is 2.03. The average molecular weight is 233 g/mol. The molecule has 0 radical (unpaired) electrons. The van der Waals surface area contributed by atoms with Crippen LogP contribution in [-0.2, 0) is 22.7 Å². The highest BCUT2D eigenvalue weighted by Crippen LogP contribution is 2.22. The van der Waals surface area contributed by atoms with E-state index in [0.29, 0.717) is 13.1 Å². The minimum Gasteiger partial charge on any atom is -0.370 e. The standard InChI is InChI=1S/C12H15N3O2/c13-10(5-11(14)16)12(17)15-6-8-3-1-2-4-9(8)7-15/h1-4,10H,5-7,13H2,(H2,14,16). The second-order valence-corrected chi connectivity index (χ2v) is 4.24. The van der Waals surface area contributed by atoms with Gasteiger partial charge in [-0.3, -0.25) is 9.59 Å². The van der Waals surface area contributed by atoms with Crippen LogP contribution in [0.5, 0.6) is 0 Å². The van der Waals surface area contributed by atoms with Gasteiger partial charge in [-0.2, -0.15) is 0 Å². The Morgan fingerprint density at radius 2 is 1.76 bits per heavy atom. The van der Waals surface area contributed by atoms with Crippen LogP contribution in [0.15, 0.2) is 24.3 Å². The minimum absolute atomic E-state index is 0.105. The number of fused-ring (bicyclic) bond motifs is 1. The zero-order chi connectivity index (χ0) is 12.4. The van der Waals surface area contributed by atoms with Crippen LogP contribution in [0.1, 0.15) is 17.5 Å². The van der Waals surface area contributed by atoms with Crippen molar-refractivity contribution in [3.8, 4) is 0 Å². The lowest BCUT2D eigenvalue weighted by atomic mass is 10.1. The van der Waals surface area contributed by atoms with Gasteiger partial charge in [0.25, 0.3) is 0 Å². The van der Waals surface area contributed by atoms with Gasteiger partial charge in [-0.15, -0.1) is 0 Å². The van der Waals surface area contributed by atoms with Gasteiger partial charge in [0.1, 0.15) is 0 Å². The summed E-state index contributed by atoms with van der Waals surface area (Å²) < 4.78 is 0. The number of hydrogen-bond acceptors (Lipinski definition) is 3. The Morgan fingerprint density at radius 1 is 1.24 bits per heavy atom. The van der Waals surface area contributed by atoms with Crippen LogP contribution in [0.4, 0.5) is 0 Å². The SMILES string of the molecule is NC(=O)CC(N)C(=O)N1Cc2ccccc2C1. The van der Waals surface area contributed by atoms with Crippen molar-refractivity contribution in [1.29, 1.82) is 0 Å². The molecule has 0 aliphatic carbocycles. The van der Waals surface area contributed by atoms with Crippen LogP contribution >= 0.6 is 0 Å². The number of nitrogens with zero attached hydrogens (tertiary/aromatic N) is 1. The summed E-state index contributed by atoms with van der Waals surface area (Å²) in [5.41, 5.74) is 12.9. The van der Waals surface area contributed by atoms with Gasteiger partial charge >= 0.3 is 0 Å². The van der Waals surface area contributed by atoms with Crippen LogP contribution in [0, 0.1) is 0 Å². The van der Waals surface area contributed by atoms with Crippen LogP contribution in [0.25, 0.3) is 0 Å². The molecule has 2 rings (SSSR count). The summed E-state index contributed by atoms with van der Waals surface area (Å²) in [7, 11) is 0. The van der Waals surface area contributed by atoms with Gasteiger partial charge in [-0.1, -0.05) is 24.3 Å². The molecule has 1 aliphatic heterocycles. The number of rotatable bonds is 3. The molecule has 2 amide bonds. The van der Waals surface area contributed by atoms with E-state index in [9.17, 15) is 9.59 Å². The summed E-state index contributed by atoms with van der Waals surface area (Å²) >= 11 is 0. The van der Waals surface area contributed by atoms with Crippen molar-refractivity contribution in [3.05, 3.63) is 35.4 Å². The maximum Gasteiger partial charge on any atom is 0.240 e. The van der Waals surface area contributed by atoms with Crippen LogP contribution in [0.2, 0.25) is 0 Å². The molecule has 1 aromatic rings. The first-order valence-corrected chi connectivity index (χ1v) is 5.47. The molecule has 0 saturated heterocycles. The first-order valence-electron chi connectivity index (χ1n) is 5.47. The number of nitrogens with two attached hydrogens (primary N) is 2. The molecule has 1 unspecified atom stereocenters. The molecule has 4 N–H and O–H groups in total. The van der Waals surface area contributed by atoms with Gasteiger partial charge in [-0.05, 0) is 11.1 Å². The van der Waals surface area contributed by atoms with E-state index in [-0.39, 0.29) is 12.3 Å². The summed E-state index contributed by atoms with van der Waals surface area (Å²) in [5.74, 6) is -0.775. The van der Waals surface area contributed by atoms with E-state index in [1.807, 2.05) is 24.3 Å². The molecule has 5 nitrogen and oxygen atoms in total. The first kappa shape index (κ1) is 11.6. The molecule has 5 heteroatoms. The number of benzene rings is 1. The van der Waals surface area contributed by atoms with Crippen molar-refractivity contribution in [2.45, 2.75) is 25.6 Å². The fourth-order valence-corrected chi connectivity index (χ4v) is 2.03. The molecule has 0 saturated carbocycles. The predicted octanol–water partition coefficient (Wildman–Crippen LogP) is -0.269. The minimum atomic E-state index is -0.832. The van der Waals surface area contributed by atoms with E-state index in [1.165, 1.54) is 0 Å². The monoisotopic (exact) mass is 233 g/mol. The number of hydrogen-bond donors (Lipinski definition) is 2. The lowest BCUT2D eigenvalue weighted by molar-refractivity contribution is -0.135. The fraction of sp³-hybridized carbons (Fsp3) is 0.333. The van der Waals surface area contributed by atoms with Crippen molar-refractivity contribution in [2.75, 3.05) is 0 Å². The largest absolute Gasteiger partial charge is 0.370 e. The molecule has 0 fully saturated rings. The molecule has 1 atom stereocenters. The van der Waals surface area contributed by atoms with Crippen molar-refractivity contribution in [1.82, 2.24) is 4.90 Å². The third-order valence-electron chi connectivity index (χ3n) is 2.89. The highest BCUT2D eigenvalue weighted by molar-refractivity contribution is 5.87. The maximum atomic E-state index is 11.9. The number of amides is 2. The molecule has 1 aromatic carbocycles. The van der Waals surface area contributed by atoms with Crippen LogP contribution < -0.4 is 11.5 Å². The van der Waals surface area contributed by atoms with Crippen molar-refractivity contribution < 1.29 is 9.59 Å². The Kier molecular flexibility index (Phi) is 3.10. The summed E-state index contributed by atoms with van der Waals surface area (Å²) in [6.45, 7) is 1.11. The Hall–Kier alpha value is -1.88. The highest BCUT2D eigenvalue weighted by atomic mass is 16.2. The Bertz CT molecular complexity index is 434. The lowest BCUT2D eigenvalue weighted by Gasteiger charge is -2.19. The third kappa shape index (κ3) is 2.45. The van der Waals surface area contributed by atoms with Crippen molar-refractivity contribution in [2.24, 2.45) is 11.5 Å². The summed E-state index contributed by atoms with van der Waals surface area (Å²) in [6.07, 6.45) is -0.105. The van der Waals surface area contributed by atoms with Crippen LogP contribution in [0.3, 0.4) is 0 Å². The van der Waals surface area contributed by atoms with Gasteiger partial charge in [-0.25, -0.2) is 0 Å². The predicted molar refractivity (Wildman–Crippen MR) is 62.5 cm³/mol. The molecule has 0 aromatic heterocycles. The first-order chi connectivity index (χ1) is 8.08. The second-order valence-electron chi connectivity index (χ2n) is 4.24. The Morgan fingerprint density at radius 3 is 2.24 bits per heavy atom. The second kappa shape index (κ2) is 4.55. The van der Waals surface area contributed by atoms with Crippen LogP contribution in [-0.4, -0.2) is 22.8 Å². The van der Waals surface area contributed by atoms with E-state index in [1.54, 1.807) is 4.90 Å². The number of carbonyl (C=O) groups excluding carboxylic acids is 2. The van der Waals surface area contributed by atoms with E-state index in [4.69, 9.17) is 11.5 Å². The van der Waals surface area contributed by atoms with E-state index in [0.717, 1.165) is 11.1 Å². The van der Waals surface area contributed by atoms with Gasteiger partial charge in [0.15, 0.2) is 0 Å². The molecular formula is C12H15N3O2. The van der Waals surface area contributed by atoms with Gasteiger partial charge in [0.05, 0.1) is 12.5 Å². The average Bonchev–Trinajstić information content (AvgIpc) is 2.70. The highest BCUT2D eigenvalue weighted by Gasteiger charge is 2.27. The number of primary amides is 1. The van der Waals surface area contributed by atoms with Crippen molar-refractivity contribution >= 4 is 11.8 Å². The molecule has 1 aliphatic rings. The molecule has 0 bridgehead atoms. The Labute approximate surface area is 99.4 Å². The summed E-state index contributed by atoms with van der Waals surface area (Å²) in [6, 6.07) is 7.03. The van der Waals surface area contributed by atoms with E-state index < -0.39 is 11.9 Å². The number of carbonyl (C=O) groups is 2. The molecule has 90 valence electrons.